The molecule has 0 radical (unpaired) electrons. The number of carbonyl (C=O) groups is 2. The number of hydrogen-bond donors (Lipinski definition) is 1. The molecule has 0 heterocycles. The third-order valence-corrected chi connectivity index (χ3v) is 8.36. The highest BCUT2D eigenvalue weighted by Crippen LogP contribution is 2.28. The zero-order chi connectivity index (χ0) is 28.4. The lowest BCUT2D eigenvalue weighted by atomic mass is 10.1. The first-order chi connectivity index (χ1) is 18.6. The van der Waals surface area contributed by atoms with Crippen LogP contribution in [0.4, 0.5) is 5.69 Å². The van der Waals surface area contributed by atoms with Gasteiger partial charge in [0.2, 0.25) is 11.8 Å². The summed E-state index contributed by atoms with van der Waals surface area (Å²) < 4.78 is 29.0. The molecular weight excluding hydrogens is 510 g/mol. The predicted octanol–water partition coefficient (Wildman–Crippen LogP) is 4.68. The molecule has 0 spiro atoms. The normalized spacial score (nSPS) is 12.1. The van der Waals surface area contributed by atoms with E-state index in [2.05, 4.69) is 5.32 Å². The SMILES string of the molecule is CCc1ccccc1N(CC(=O)N(CCc1ccccc1)[C@@H](C)C(=O)NCC(C)C)S(=O)(=O)c1ccccc1. The van der Waals surface area contributed by atoms with Gasteiger partial charge in [0.1, 0.15) is 12.6 Å². The second kappa shape index (κ2) is 13.9. The molecule has 7 nitrogen and oxygen atoms in total. The molecule has 0 aliphatic heterocycles. The van der Waals surface area contributed by atoms with Crippen LogP contribution in [0.25, 0.3) is 0 Å². The number of carbonyl (C=O) groups excluding carboxylic acids is 2. The van der Waals surface area contributed by atoms with E-state index < -0.39 is 28.5 Å². The number of benzene rings is 3. The van der Waals surface area contributed by atoms with Gasteiger partial charge in [-0.15, -0.1) is 0 Å². The van der Waals surface area contributed by atoms with Crippen LogP contribution >= 0.6 is 0 Å². The summed E-state index contributed by atoms with van der Waals surface area (Å²) in [5.74, 6) is -0.452. The monoisotopic (exact) mass is 549 g/mol. The number of anilines is 1. The summed E-state index contributed by atoms with van der Waals surface area (Å²) in [5.41, 5.74) is 2.29. The highest BCUT2D eigenvalue weighted by Gasteiger charge is 2.33. The van der Waals surface area contributed by atoms with Crippen molar-refractivity contribution in [3.8, 4) is 0 Å². The Labute approximate surface area is 232 Å². The highest BCUT2D eigenvalue weighted by atomic mass is 32.2. The average molecular weight is 550 g/mol. The molecule has 0 bridgehead atoms. The zero-order valence-electron chi connectivity index (χ0n) is 23.2. The summed E-state index contributed by atoms with van der Waals surface area (Å²) in [6.45, 7) is 7.97. The van der Waals surface area contributed by atoms with Crippen molar-refractivity contribution in [1.82, 2.24) is 10.2 Å². The maximum absolute atomic E-state index is 13.9. The molecular formula is C31H39N3O4S. The maximum Gasteiger partial charge on any atom is 0.264 e. The van der Waals surface area contributed by atoms with Crippen molar-refractivity contribution >= 4 is 27.5 Å². The van der Waals surface area contributed by atoms with Crippen molar-refractivity contribution in [3.63, 3.8) is 0 Å². The van der Waals surface area contributed by atoms with Crippen LogP contribution in [0.5, 0.6) is 0 Å². The van der Waals surface area contributed by atoms with E-state index in [-0.39, 0.29) is 23.3 Å². The van der Waals surface area contributed by atoms with E-state index >= 15 is 0 Å². The quantitative estimate of drug-likeness (QED) is 0.336. The molecule has 39 heavy (non-hydrogen) atoms. The van der Waals surface area contributed by atoms with Crippen molar-refractivity contribution in [3.05, 3.63) is 96.1 Å². The molecule has 0 aromatic heterocycles. The lowest BCUT2D eigenvalue weighted by Crippen LogP contribution is -2.52. The lowest BCUT2D eigenvalue weighted by Gasteiger charge is -2.32. The molecule has 3 rings (SSSR count). The van der Waals surface area contributed by atoms with E-state index in [1.54, 1.807) is 37.3 Å². The van der Waals surface area contributed by atoms with Gasteiger partial charge in [-0.2, -0.15) is 0 Å². The summed E-state index contributed by atoms with van der Waals surface area (Å²) >= 11 is 0. The number of hydrogen-bond acceptors (Lipinski definition) is 4. The van der Waals surface area contributed by atoms with Gasteiger partial charge in [-0.3, -0.25) is 13.9 Å². The standard InChI is InChI=1S/C31H39N3O4S/c1-5-27-16-12-13-19-29(27)34(39(37,38)28-17-10-7-11-18-28)23-30(35)33(21-20-26-14-8-6-9-15-26)25(4)31(36)32-22-24(2)3/h6-19,24-25H,5,20-23H2,1-4H3,(H,32,36)/t25-/m0/s1. The second-order valence-corrected chi connectivity index (χ2v) is 11.8. The fourth-order valence-corrected chi connectivity index (χ4v) is 5.78. The van der Waals surface area contributed by atoms with Crippen molar-refractivity contribution in [2.24, 2.45) is 5.92 Å². The van der Waals surface area contributed by atoms with Crippen LogP contribution in [0.2, 0.25) is 0 Å². The molecule has 0 saturated heterocycles. The van der Waals surface area contributed by atoms with E-state index in [1.165, 1.54) is 21.3 Å². The van der Waals surface area contributed by atoms with Crippen molar-refractivity contribution < 1.29 is 18.0 Å². The Hall–Kier alpha value is -3.65. The maximum atomic E-state index is 13.9. The van der Waals surface area contributed by atoms with E-state index in [0.29, 0.717) is 25.1 Å². The number of amides is 2. The third-order valence-electron chi connectivity index (χ3n) is 6.59. The Morgan fingerprint density at radius 1 is 0.846 bits per heavy atom. The molecule has 3 aromatic carbocycles. The number of nitrogens with zero attached hydrogens (tertiary/aromatic N) is 2. The molecule has 3 aromatic rings. The summed E-state index contributed by atoms with van der Waals surface area (Å²) in [6, 6.07) is 24.3. The van der Waals surface area contributed by atoms with Gasteiger partial charge < -0.3 is 10.2 Å². The molecule has 0 unspecified atom stereocenters. The summed E-state index contributed by atoms with van der Waals surface area (Å²) in [4.78, 5) is 28.6. The van der Waals surface area contributed by atoms with Gasteiger partial charge in [0.25, 0.3) is 10.0 Å². The van der Waals surface area contributed by atoms with Gasteiger partial charge in [0.05, 0.1) is 10.6 Å². The Morgan fingerprint density at radius 2 is 1.44 bits per heavy atom. The summed E-state index contributed by atoms with van der Waals surface area (Å²) in [7, 11) is -4.06. The Kier molecular flexibility index (Phi) is 10.7. The van der Waals surface area contributed by atoms with Gasteiger partial charge in [-0.05, 0) is 55.0 Å². The van der Waals surface area contributed by atoms with E-state index in [0.717, 1.165) is 11.1 Å². The summed E-state index contributed by atoms with van der Waals surface area (Å²) in [6.07, 6.45) is 1.13. The van der Waals surface area contributed by atoms with Crippen LogP contribution in [-0.4, -0.2) is 50.8 Å². The predicted molar refractivity (Wildman–Crippen MR) is 156 cm³/mol. The summed E-state index contributed by atoms with van der Waals surface area (Å²) in [5, 5.41) is 2.91. The van der Waals surface area contributed by atoms with E-state index in [1.807, 2.05) is 63.2 Å². The number of rotatable bonds is 13. The molecule has 0 aliphatic carbocycles. The first-order valence-electron chi connectivity index (χ1n) is 13.4. The topological polar surface area (TPSA) is 86.8 Å². The van der Waals surface area contributed by atoms with Crippen molar-refractivity contribution in [2.45, 2.75) is 51.5 Å². The second-order valence-electron chi connectivity index (χ2n) is 9.94. The Balaban J connectivity index is 1.98. The zero-order valence-corrected chi connectivity index (χ0v) is 24.0. The van der Waals surface area contributed by atoms with Crippen molar-refractivity contribution in [1.29, 1.82) is 0 Å². The number of para-hydroxylation sites is 1. The van der Waals surface area contributed by atoms with Crippen LogP contribution < -0.4 is 9.62 Å². The van der Waals surface area contributed by atoms with Gasteiger partial charge in [0, 0.05) is 13.1 Å². The molecule has 0 fully saturated rings. The van der Waals surface area contributed by atoms with Crippen LogP contribution in [0, 0.1) is 5.92 Å². The minimum absolute atomic E-state index is 0.0993. The molecule has 2 amide bonds. The van der Waals surface area contributed by atoms with Crippen LogP contribution in [0.3, 0.4) is 0 Å². The minimum Gasteiger partial charge on any atom is -0.354 e. The van der Waals surface area contributed by atoms with Gasteiger partial charge in [-0.1, -0.05) is 87.5 Å². The van der Waals surface area contributed by atoms with E-state index in [4.69, 9.17) is 0 Å². The highest BCUT2D eigenvalue weighted by molar-refractivity contribution is 7.92. The van der Waals surface area contributed by atoms with Crippen LogP contribution in [0.1, 0.15) is 38.8 Å². The smallest absolute Gasteiger partial charge is 0.264 e. The molecule has 1 atom stereocenters. The number of sulfonamides is 1. The Bertz CT molecular complexity index is 1330. The lowest BCUT2D eigenvalue weighted by molar-refractivity contribution is -0.138. The third kappa shape index (κ3) is 7.93. The first-order valence-corrected chi connectivity index (χ1v) is 14.9. The van der Waals surface area contributed by atoms with Gasteiger partial charge >= 0.3 is 0 Å². The van der Waals surface area contributed by atoms with Crippen LogP contribution in [0.15, 0.2) is 89.8 Å². The minimum atomic E-state index is -4.06. The van der Waals surface area contributed by atoms with Gasteiger partial charge in [0.15, 0.2) is 0 Å². The van der Waals surface area contributed by atoms with Crippen LogP contribution in [-0.2, 0) is 32.5 Å². The van der Waals surface area contributed by atoms with Crippen molar-refractivity contribution in [2.75, 3.05) is 23.9 Å². The average Bonchev–Trinajstić information content (AvgIpc) is 2.95. The molecule has 0 aliphatic rings. The number of aryl methyl sites for hydroxylation is 1. The van der Waals surface area contributed by atoms with E-state index in [9.17, 15) is 18.0 Å². The van der Waals surface area contributed by atoms with Gasteiger partial charge in [-0.25, -0.2) is 8.42 Å². The molecule has 208 valence electrons. The molecule has 0 saturated carbocycles. The Morgan fingerprint density at radius 3 is 2.05 bits per heavy atom. The largest absolute Gasteiger partial charge is 0.354 e. The number of nitrogens with one attached hydrogen (secondary N) is 1. The molecule has 1 N–H and O–H groups in total. The molecule has 8 heteroatoms. The fraction of sp³-hybridized carbons (Fsp3) is 0.355. The first kappa shape index (κ1) is 29.9. The fourth-order valence-electron chi connectivity index (χ4n) is 4.31.